The molecule has 0 unspecified atom stereocenters. The molecule has 6 heteroatoms. The Kier molecular flexibility index (Phi) is 3.96. The first-order chi connectivity index (χ1) is 10.8. The summed E-state index contributed by atoms with van der Waals surface area (Å²) >= 11 is 1.77. The SMILES string of the molecule is Cc1ncsc1CCN1CCC[C@H](c2noc(C3CC3)n2)C1. The van der Waals surface area contributed by atoms with Crippen molar-refractivity contribution < 1.29 is 4.52 Å². The Morgan fingerprint density at radius 1 is 1.32 bits per heavy atom. The van der Waals surface area contributed by atoms with Gasteiger partial charge in [0.2, 0.25) is 5.89 Å². The molecule has 0 spiro atoms. The molecule has 22 heavy (non-hydrogen) atoms. The first kappa shape index (κ1) is 14.3. The zero-order chi connectivity index (χ0) is 14.9. The molecule has 2 fully saturated rings. The van der Waals surface area contributed by atoms with E-state index in [4.69, 9.17) is 4.52 Å². The Morgan fingerprint density at radius 2 is 2.23 bits per heavy atom. The first-order valence-corrected chi connectivity index (χ1v) is 9.12. The largest absolute Gasteiger partial charge is 0.339 e. The molecule has 1 atom stereocenters. The van der Waals surface area contributed by atoms with Crippen molar-refractivity contribution in [3.8, 4) is 0 Å². The summed E-state index contributed by atoms with van der Waals surface area (Å²) in [4.78, 5) is 12.9. The fourth-order valence-electron chi connectivity index (χ4n) is 3.20. The summed E-state index contributed by atoms with van der Waals surface area (Å²) in [6.07, 6.45) is 5.93. The highest BCUT2D eigenvalue weighted by Gasteiger charge is 2.32. The van der Waals surface area contributed by atoms with Crippen molar-refractivity contribution in [1.82, 2.24) is 20.0 Å². The van der Waals surface area contributed by atoms with Crippen molar-refractivity contribution in [2.45, 2.75) is 50.9 Å². The Morgan fingerprint density at radius 3 is 3.00 bits per heavy atom. The predicted octanol–water partition coefficient (Wildman–Crippen LogP) is 3.13. The summed E-state index contributed by atoms with van der Waals surface area (Å²) < 4.78 is 5.43. The van der Waals surface area contributed by atoms with Crippen LogP contribution < -0.4 is 0 Å². The van der Waals surface area contributed by atoms with Crippen LogP contribution >= 0.6 is 11.3 Å². The number of aromatic nitrogens is 3. The summed E-state index contributed by atoms with van der Waals surface area (Å²) in [6, 6.07) is 0. The highest BCUT2D eigenvalue weighted by molar-refractivity contribution is 7.09. The first-order valence-electron chi connectivity index (χ1n) is 8.24. The maximum Gasteiger partial charge on any atom is 0.229 e. The van der Waals surface area contributed by atoms with Gasteiger partial charge in [0.25, 0.3) is 0 Å². The third kappa shape index (κ3) is 3.08. The van der Waals surface area contributed by atoms with Crippen LogP contribution in [0.1, 0.15) is 59.8 Å². The zero-order valence-corrected chi connectivity index (χ0v) is 13.8. The van der Waals surface area contributed by atoms with E-state index in [9.17, 15) is 0 Å². The summed E-state index contributed by atoms with van der Waals surface area (Å²) in [5.41, 5.74) is 3.13. The fraction of sp³-hybridized carbons (Fsp3) is 0.688. The van der Waals surface area contributed by atoms with Gasteiger partial charge in [-0.3, -0.25) is 0 Å². The summed E-state index contributed by atoms with van der Waals surface area (Å²) in [5.74, 6) is 2.79. The van der Waals surface area contributed by atoms with Gasteiger partial charge in [0, 0.05) is 29.8 Å². The number of hydrogen-bond donors (Lipinski definition) is 0. The van der Waals surface area contributed by atoms with Gasteiger partial charge in [0.05, 0.1) is 11.2 Å². The number of rotatable bonds is 5. The fourth-order valence-corrected chi connectivity index (χ4v) is 3.97. The van der Waals surface area contributed by atoms with Gasteiger partial charge in [-0.05, 0) is 45.6 Å². The van der Waals surface area contributed by atoms with E-state index < -0.39 is 0 Å². The Hall–Kier alpha value is -1.27. The predicted molar refractivity (Wildman–Crippen MR) is 85.2 cm³/mol. The molecule has 118 valence electrons. The second-order valence-corrected chi connectivity index (χ2v) is 7.46. The lowest BCUT2D eigenvalue weighted by Gasteiger charge is -2.31. The van der Waals surface area contributed by atoms with E-state index in [1.54, 1.807) is 11.3 Å². The molecule has 0 radical (unpaired) electrons. The topological polar surface area (TPSA) is 55.1 Å². The van der Waals surface area contributed by atoms with E-state index in [-0.39, 0.29) is 0 Å². The molecule has 2 aromatic rings. The minimum atomic E-state index is 0.438. The standard InChI is InChI=1S/C16H22N4OS/c1-11-14(22-10-17-11)6-8-20-7-2-3-13(9-20)15-18-16(21-19-15)12-4-5-12/h10,12-13H,2-9H2,1H3/t13-/m0/s1. The molecule has 1 saturated carbocycles. The lowest BCUT2D eigenvalue weighted by Crippen LogP contribution is -2.36. The van der Waals surface area contributed by atoms with Gasteiger partial charge < -0.3 is 9.42 Å². The van der Waals surface area contributed by atoms with Crippen molar-refractivity contribution >= 4 is 11.3 Å². The van der Waals surface area contributed by atoms with Gasteiger partial charge in [-0.2, -0.15) is 4.98 Å². The van der Waals surface area contributed by atoms with Crippen LogP contribution in [0.3, 0.4) is 0 Å². The van der Waals surface area contributed by atoms with E-state index in [2.05, 4.69) is 26.9 Å². The van der Waals surface area contributed by atoms with Crippen LogP contribution in [0, 0.1) is 6.92 Å². The van der Waals surface area contributed by atoms with Gasteiger partial charge in [-0.25, -0.2) is 4.98 Å². The second kappa shape index (κ2) is 6.08. The third-order valence-corrected chi connectivity index (χ3v) is 5.75. The quantitative estimate of drug-likeness (QED) is 0.848. The van der Waals surface area contributed by atoms with Crippen molar-refractivity contribution in [2.75, 3.05) is 19.6 Å². The molecule has 0 bridgehead atoms. The number of likely N-dealkylation sites (tertiary alicyclic amines) is 1. The molecule has 0 amide bonds. The maximum absolute atomic E-state index is 5.43. The Bertz CT molecular complexity index is 634. The van der Waals surface area contributed by atoms with Gasteiger partial charge in [-0.15, -0.1) is 11.3 Å². The molecule has 0 N–H and O–H groups in total. The van der Waals surface area contributed by atoms with Crippen molar-refractivity contribution in [1.29, 1.82) is 0 Å². The number of piperidine rings is 1. The van der Waals surface area contributed by atoms with E-state index in [0.717, 1.165) is 31.2 Å². The molecule has 1 aliphatic carbocycles. The van der Waals surface area contributed by atoms with Crippen LogP contribution in [0.15, 0.2) is 10.0 Å². The highest BCUT2D eigenvalue weighted by atomic mass is 32.1. The number of thiazole rings is 1. The smallest absolute Gasteiger partial charge is 0.229 e. The van der Waals surface area contributed by atoms with Gasteiger partial charge in [0.15, 0.2) is 5.82 Å². The van der Waals surface area contributed by atoms with Crippen LogP contribution in [0.4, 0.5) is 0 Å². The Labute approximate surface area is 134 Å². The minimum Gasteiger partial charge on any atom is -0.339 e. The van der Waals surface area contributed by atoms with Crippen LogP contribution in [0.25, 0.3) is 0 Å². The highest BCUT2D eigenvalue weighted by Crippen LogP contribution is 2.39. The van der Waals surface area contributed by atoms with Gasteiger partial charge in [-0.1, -0.05) is 5.16 Å². The van der Waals surface area contributed by atoms with E-state index in [1.165, 1.54) is 42.8 Å². The molecule has 5 nitrogen and oxygen atoms in total. The van der Waals surface area contributed by atoms with Crippen molar-refractivity contribution in [3.05, 3.63) is 27.8 Å². The molecule has 0 aromatic carbocycles. The van der Waals surface area contributed by atoms with Crippen LogP contribution in [-0.4, -0.2) is 39.7 Å². The Balaban J connectivity index is 1.35. The monoisotopic (exact) mass is 318 g/mol. The molecule has 3 heterocycles. The van der Waals surface area contributed by atoms with Crippen molar-refractivity contribution in [3.63, 3.8) is 0 Å². The average Bonchev–Trinajstić information content (AvgIpc) is 3.12. The summed E-state index contributed by atoms with van der Waals surface area (Å²) in [6.45, 7) is 5.44. The lowest BCUT2D eigenvalue weighted by atomic mass is 9.97. The molecule has 1 aliphatic heterocycles. The van der Waals surface area contributed by atoms with Gasteiger partial charge in [0.1, 0.15) is 0 Å². The molecular weight excluding hydrogens is 296 g/mol. The molecule has 2 aromatic heterocycles. The number of nitrogens with zero attached hydrogens (tertiary/aromatic N) is 4. The van der Waals surface area contributed by atoms with E-state index in [0.29, 0.717) is 11.8 Å². The van der Waals surface area contributed by atoms with Crippen LogP contribution in [0.5, 0.6) is 0 Å². The van der Waals surface area contributed by atoms with Crippen molar-refractivity contribution in [2.24, 2.45) is 0 Å². The number of hydrogen-bond acceptors (Lipinski definition) is 6. The van der Waals surface area contributed by atoms with Gasteiger partial charge >= 0.3 is 0 Å². The molecule has 2 aliphatic rings. The normalized spacial score (nSPS) is 23.0. The lowest BCUT2D eigenvalue weighted by molar-refractivity contribution is 0.204. The van der Waals surface area contributed by atoms with Crippen LogP contribution in [-0.2, 0) is 6.42 Å². The van der Waals surface area contributed by atoms with Crippen LogP contribution in [0.2, 0.25) is 0 Å². The summed E-state index contributed by atoms with van der Waals surface area (Å²) in [7, 11) is 0. The minimum absolute atomic E-state index is 0.438. The van der Waals surface area contributed by atoms with E-state index in [1.807, 2.05) is 5.51 Å². The maximum atomic E-state index is 5.43. The molecule has 4 rings (SSSR count). The summed E-state index contributed by atoms with van der Waals surface area (Å²) in [5, 5.41) is 4.24. The third-order valence-electron chi connectivity index (χ3n) is 4.75. The average molecular weight is 318 g/mol. The second-order valence-electron chi connectivity index (χ2n) is 6.52. The molecular formula is C16H22N4OS. The zero-order valence-electron chi connectivity index (χ0n) is 13.0. The molecule has 1 saturated heterocycles. The van der Waals surface area contributed by atoms with E-state index >= 15 is 0 Å². The number of aryl methyl sites for hydroxylation is 1.